The maximum absolute atomic E-state index is 12.6. The number of hydrogen-bond acceptors (Lipinski definition) is 2. The van der Waals surface area contributed by atoms with Gasteiger partial charge in [0.15, 0.2) is 0 Å². The Kier molecular flexibility index (Phi) is 7.23. The fraction of sp³-hybridized carbons (Fsp3) is 0.941. The SMILES string of the molecule is CCCCCS(=O)C1CC(C(C)(C)CC)CCC1C#N. The van der Waals surface area contributed by atoms with E-state index in [0.717, 1.165) is 50.7 Å². The summed E-state index contributed by atoms with van der Waals surface area (Å²) >= 11 is 0. The van der Waals surface area contributed by atoms with E-state index in [4.69, 9.17) is 0 Å². The zero-order valence-corrected chi connectivity index (χ0v) is 14.5. The van der Waals surface area contributed by atoms with Crippen LogP contribution in [0.1, 0.15) is 72.6 Å². The molecule has 1 aliphatic rings. The van der Waals surface area contributed by atoms with Crippen molar-refractivity contribution in [3.8, 4) is 6.07 Å². The lowest BCUT2D eigenvalue weighted by Gasteiger charge is -2.41. The Balaban J connectivity index is 2.69. The topological polar surface area (TPSA) is 40.9 Å². The lowest BCUT2D eigenvalue weighted by atomic mass is 9.67. The van der Waals surface area contributed by atoms with Gasteiger partial charge in [-0.15, -0.1) is 0 Å². The van der Waals surface area contributed by atoms with Crippen molar-refractivity contribution in [2.75, 3.05) is 5.75 Å². The van der Waals surface area contributed by atoms with Crippen molar-refractivity contribution in [2.24, 2.45) is 17.3 Å². The third kappa shape index (κ3) is 4.58. The van der Waals surface area contributed by atoms with Crippen LogP contribution in [0.15, 0.2) is 0 Å². The van der Waals surface area contributed by atoms with Gasteiger partial charge in [0.2, 0.25) is 0 Å². The van der Waals surface area contributed by atoms with Crippen LogP contribution >= 0.6 is 0 Å². The summed E-state index contributed by atoms with van der Waals surface area (Å²) in [6.45, 7) is 9.05. The molecular weight excluding hydrogens is 266 g/mol. The van der Waals surface area contributed by atoms with Crippen molar-refractivity contribution in [1.29, 1.82) is 5.26 Å². The highest BCUT2D eigenvalue weighted by atomic mass is 32.2. The van der Waals surface area contributed by atoms with E-state index in [1.807, 2.05) is 0 Å². The molecule has 1 fully saturated rings. The van der Waals surface area contributed by atoms with Gasteiger partial charge in [-0.3, -0.25) is 4.21 Å². The minimum Gasteiger partial charge on any atom is -0.259 e. The molecular formula is C17H31NOS. The smallest absolute Gasteiger partial charge is 0.0668 e. The summed E-state index contributed by atoms with van der Waals surface area (Å²) < 4.78 is 12.6. The monoisotopic (exact) mass is 297 g/mol. The molecule has 0 N–H and O–H groups in total. The molecule has 116 valence electrons. The van der Waals surface area contributed by atoms with E-state index in [0.29, 0.717) is 11.3 Å². The number of unbranched alkanes of at least 4 members (excludes halogenated alkanes) is 2. The average Bonchev–Trinajstić information content (AvgIpc) is 2.46. The van der Waals surface area contributed by atoms with Gasteiger partial charge in [0.1, 0.15) is 0 Å². The molecule has 4 unspecified atom stereocenters. The normalized spacial score (nSPS) is 28.9. The predicted molar refractivity (Wildman–Crippen MR) is 86.8 cm³/mol. The first-order valence-electron chi connectivity index (χ1n) is 8.23. The molecule has 20 heavy (non-hydrogen) atoms. The molecule has 0 spiro atoms. The highest BCUT2D eigenvalue weighted by Crippen LogP contribution is 2.43. The maximum Gasteiger partial charge on any atom is 0.0668 e. The molecule has 0 heterocycles. The summed E-state index contributed by atoms with van der Waals surface area (Å²) in [5, 5.41) is 9.46. The highest BCUT2D eigenvalue weighted by molar-refractivity contribution is 7.85. The Morgan fingerprint density at radius 3 is 2.50 bits per heavy atom. The second-order valence-corrected chi connectivity index (χ2v) is 8.69. The summed E-state index contributed by atoms with van der Waals surface area (Å²) in [5.74, 6) is 1.43. The van der Waals surface area contributed by atoms with Gasteiger partial charge in [0.05, 0.1) is 17.2 Å². The van der Waals surface area contributed by atoms with Crippen molar-refractivity contribution in [1.82, 2.24) is 0 Å². The summed E-state index contributed by atoms with van der Waals surface area (Å²) in [6, 6.07) is 2.42. The van der Waals surface area contributed by atoms with E-state index >= 15 is 0 Å². The van der Waals surface area contributed by atoms with Crippen LogP contribution in [0.2, 0.25) is 0 Å². The van der Waals surface area contributed by atoms with Crippen molar-refractivity contribution >= 4 is 10.8 Å². The van der Waals surface area contributed by atoms with Gasteiger partial charge < -0.3 is 0 Å². The molecule has 4 atom stereocenters. The summed E-state index contributed by atoms with van der Waals surface area (Å²) in [4.78, 5) is 0. The van der Waals surface area contributed by atoms with Crippen LogP contribution in [0.4, 0.5) is 0 Å². The summed E-state index contributed by atoms with van der Waals surface area (Å²) in [5.41, 5.74) is 0.312. The fourth-order valence-electron chi connectivity index (χ4n) is 3.21. The molecule has 0 bridgehead atoms. The molecule has 0 aromatic carbocycles. The van der Waals surface area contributed by atoms with Crippen molar-refractivity contribution < 1.29 is 4.21 Å². The third-order valence-electron chi connectivity index (χ3n) is 5.26. The molecule has 0 saturated heterocycles. The first-order chi connectivity index (χ1) is 9.46. The molecule has 3 heteroatoms. The van der Waals surface area contributed by atoms with E-state index in [1.165, 1.54) is 0 Å². The number of hydrogen-bond donors (Lipinski definition) is 0. The second kappa shape index (κ2) is 8.17. The highest BCUT2D eigenvalue weighted by Gasteiger charge is 2.39. The van der Waals surface area contributed by atoms with Crippen LogP contribution in [0, 0.1) is 28.6 Å². The predicted octanol–water partition coefficient (Wildman–Crippen LogP) is 4.67. The average molecular weight is 298 g/mol. The standard InChI is InChI=1S/C17H31NOS/c1-5-7-8-11-20(19)16-12-15(17(3,4)6-2)10-9-14(16)13-18/h14-16H,5-12H2,1-4H3. The minimum atomic E-state index is -0.818. The van der Waals surface area contributed by atoms with Gasteiger partial charge in [-0.2, -0.15) is 5.26 Å². The lowest BCUT2D eigenvalue weighted by Crippen LogP contribution is -2.38. The first kappa shape index (κ1) is 17.7. The molecule has 2 nitrogen and oxygen atoms in total. The molecule has 0 aromatic rings. The van der Waals surface area contributed by atoms with Crippen molar-refractivity contribution in [2.45, 2.75) is 77.9 Å². The van der Waals surface area contributed by atoms with E-state index in [-0.39, 0.29) is 11.2 Å². The van der Waals surface area contributed by atoms with E-state index < -0.39 is 10.8 Å². The molecule has 0 amide bonds. The largest absolute Gasteiger partial charge is 0.259 e. The Morgan fingerprint density at radius 2 is 1.95 bits per heavy atom. The van der Waals surface area contributed by atoms with Crippen LogP contribution in [0.25, 0.3) is 0 Å². The van der Waals surface area contributed by atoms with E-state index in [9.17, 15) is 9.47 Å². The first-order valence-corrected chi connectivity index (χ1v) is 9.61. The lowest BCUT2D eigenvalue weighted by molar-refractivity contribution is 0.143. The van der Waals surface area contributed by atoms with Gasteiger partial charge in [-0.05, 0) is 37.0 Å². The molecule has 1 rings (SSSR count). The summed E-state index contributed by atoms with van der Waals surface area (Å²) in [7, 11) is -0.818. The molecule has 0 aliphatic heterocycles. The third-order valence-corrected chi connectivity index (χ3v) is 7.15. The van der Waals surface area contributed by atoms with Gasteiger partial charge in [0.25, 0.3) is 0 Å². The Labute approximate surface area is 127 Å². The number of nitriles is 1. The fourth-order valence-corrected chi connectivity index (χ4v) is 5.01. The second-order valence-electron chi connectivity index (χ2n) is 6.92. The Bertz CT molecular complexity index is 358. The molecule has 0 radical (unpaired) electrons. The van der Waals surface area contributed by atoms with E-state index in [1.54, 1.807) is 0 Å². The van der Waals surface area contributed by atoms with Gasteiger partial charge in [-0.1, -0.05) is 47.0 Å². The zero-order chi connectivity index (χ0) is 15.2. The Hall–Kier alpha value is -0.360. The van der Waals surface area contributed by atoms with Gasteiger partial charge >= 0.3 is 0 Å². The van der Waals surface area contributed by atoms with Crippen LogP contribution in [0.3, 0.4) is 0 Å². The van der Waals surface area contributed by atoms with E-state index in [2.05, 4.69) is 33.8 Å². The quantitative estimate of drug-likeness (QED) is 0.641. The van der Waals surface area contributed by atoms with Crippen LogP contribution in [-0.2, 0) is 10.8 Å². The molecule has 1 aliphatic carbocycles. The number of nitrogens with zero attached hydrogens (tertiary/aromatic N) is 1. The minimum absolute atomic E-state index is 0.0152. The van der Waals surface area contributed by atoms with Crippen LogP contribution in [-0.4, -0.2) is 15.2 Å². The number of rotatable bonds is 7. The van der Waals surface area contributed by atoms with Crippen molar-refractivity contribution in [3.05, 3.63) is 0 Å². The Morgan fingerprint density at radius 1 is 1.25 bits per heavy atom. The van der Waals surface area contributed by atoms with Gasteiger partial charge in [-0.25, -0.2) is 0 Å². The van der Waals surface area contributed by atoms with Crippen molar-refractivity contribution in [3.63, 3.8) is 0 Å². The van der Waals surface area contributed by atoms with Crippen LogP contribution in [0.5, 0.6) is 0 Å². The zero-order valence-electron chi connectivity index (χ0n) is 13.7. The molecule has 0 aromatic heterocycles. The maximum atomic E-state index is 12.6. The van der Waals surface area contributed by atoms with Gasteiger partial charge in [0, 0.05) is 16.6 Å². The summed E-state index contributed by atoms with van der Waals surface area (Å²) in [6.07, 6.45) is 7.56. The van der Waals surface area contributed by atoms with Crippen LogP contribution < -0.4 is 0 Å². The molecule has 1 saturated carbocycles.